The minimum Gasteiger partial charge on any atom is -0.465 e. The van der Waals surface area contributed by atoms with Gasteiger partial charge in [-0.3, -0.25) is 0 Å². The smallest absolute Gasteiger partial charge is 0.339 e. The number of rotatable bonds is 4. The van der Waals surface area contributed by atoms with Gasteiger partial charge in [-0.1, -0.05) is 24.8 Å². The molecular weight excluding hydrogens is 220 g/mol. The summed E-state index contributed by atoms with van der Waals surface area (Å²) in [6.45, 7) is 5.29. The quantitative estimate of drug-likeness (QED) is 0.591. The molecule has 0 aliphatic carbocycles. The molecule has 4 nitrogen and oxygen atoms in total. The molecule has 1 aromatic rings. The summed E-state index contributed by atoms with van der Waals surface area (Å²) in [7, 11) is 1.27. The number of carbonyl (C=O) groups is 2. The fourth-order valence-electron chi connectivity index (χ4n) is 1.42. The Labute approximate surface area is 99.8 Å². The molecule has 0 heterocycles. The van der Waals surface area contributed by atoms with Crippen LogP contribution in [0.4, 0.5) is 0 Å². The van der Waals surface area contributed by atoms with Gasteiger partial charge >= 0.3 is 11.9 Å². The zero-order chi connectivity index (χ0) is 12.8. The van der Waals surface area contributed by atoms with E-state index in [1.165, 1.54) is 19.3 Å². The maximum absolute atomic E-state index is 11.7. The maximum Gasteiger partial charge on any atom is 0.339 e. The highest BCUT2D eigenvalue weighted by molar-refractivity contribution is 6.04. The molecule has 0 N–H and O–H groups in total. The summed E-state index contributed by atoms with van der Waals surface area (Å²) in [4.78, 5) is 23.3. The molecule has 0 atom stereocenters. The lowest BCUT2D eigenvalue weighted by atomic mass is 10.0. The lowest BCUT2D eigenvalue weighted by Gasteiger charge is -2.09. The first-order chi connectivity index (χ1) is 8.11. The molecule has 90 valence electrons. The van der Waals surface area contributed by atoms with E-state index in [9.17, 15) is 9.59 Å². The number of methoxy groups -OCH3 is 1. The van der Waals surface area contributed by atoms with Crippen LogP contribution in [0.1, 0.15) is 26.3 Å². The molecular formula is C13H14O4. The fourth-order valence-corrected chi connectivity index (χ4v) is 1.42. The molecule has 0 saturated carbocycles. The van der Waals surface area contributed by atoms with Crippen molar-refractivity contribution in [2.24, 2.45) is 0 Å². The van der Waals surface area contributed by atoms with Gasteiger partial charge in [0.15, 0.2) is 0 Å². The maximum atomic E-state index is 11.7. The topological polar surface area (TPSA) is 52.6 Å². The SMILES string of the molecule is C=CCOC(=O)c1cccc(C)c1C(=O)OC. The van der Waals surface area contributed by atoms with E-state index >= 15 is 0 Å². The average Bonchev–Trinajstić information content (AvgIpc) is 2.34. The molecule has 0 bridgehead atoms. The number of benzene rings is 1. The number of ether oxygens (including phenoxy) is 2. The van der Waals surface area contributed by atoms with E-state index in [4.69, 9.17) is 4.74 Å². The van der Waals surface area contributed by atoms with Crippen molar-refractivity contribution < 1.29 is 19.1 Å². The van der Waals surface area contributed by atoms with Gasteiger partial charge in [-0.25, -0.2) is 9.59 Å². The van der Waals surface area contributed by atoms with Crippen molar-refractivity contribution in [3.05, 3.63) is 47.5 Å². The van der Waals surface area contributed by atoms with Gasteiger partial charge in [-0.2, -0.15) is 0 Å². The zero-order valence-corrected chi connectivity index (χ0v) is 9.86. The van der Waals surface area contributed by atoms with E-state index in [-0.39, 0.29) is 17.7 Å². The Balaban J connectivity index is 3.14. The van der Waals surface area contributed by atoms with Crippen LogP contribution in [0.5, 0.6) is 0 Å². The van der Waals surface area contributed by atoms with Crippen LogP contribution in [0.3, 0.4) is 0 Å². The van der Waals surface area contributed by atoms with Crippen LogP contribution in [0.15, 0.2) is 30.9 Å². The number of esters is 2. The van der Waals surface area contributed by atoms with Gasteiger partial charge in [0.25, 0.3) is 0 Å². The van der Waals surface area contributed by atoms with Crippen molar-refractivity contribution in [3.8, 4) is 0 Å². The predicted molar refractivity (Wildman–Crippen MR) is 63.0 cm³/mol. The normalized spacial score (nSPS) is 9.53. The third-order valence-electron chi connectivity index (χ3n) is 2.21. The van der Waals surface area contributed by atoms with E-state index in [1.807, 2.05) is 0 Å². The first-order valence-corrected chi connectivity index (χ1v) is 5.07. The highest BCUT2D eigenvalue weighted by atomic mass is 16.5. The molecule has 1 rings (SSSR count). The molecule has 0 fully saturated rings. The van der Waals surface area contributed by atoms with Crippen LogP contribution >= 0.6 is 0 Å². The monoisotopic (exact) mass is 234 g/mol. The van der Waals surface area contributed by atoms with Crippen LogP contribution < -0.4 is 0 Å². The molecule has 0 saturated heterocycles. The van der Waals surface area contributed by atoms with Gasteiger partial charge < -0.3 is 9.47 Å². The summed E-state index contributed by atoms with van der Waals surface area (Å²) in [5, 5.41) is 0. The van der Waals surface area contributed by atoms with Crippen molar-refractivity contribution in [1.29, 1.82) is 0 Å². The Morgan fingerprint density at radius 1 is 1.35 bits per heavy atom. The summed E-state index contributed by atoms with van der Waals surface area (Å²) >= 11 is 0. The largest absolute Gasteiger partial charge is 0.465 e. The fraction of sp³-hybridized carbons (Fsp3) is 0.231. The second-order valence-electron chi connectivity index (χ2n) is 3.38. The van der Waals surface area contributed by atoms with Crippen LogP contribution in [0.25, 0.3) is 0 Å². The lowest BCUT2D eigenvalue weighted by Crippen LogP contribution is -2.14. The molecule has 0 aliphatic rings. The number of carbonyl (C=O) groups excluding carboxylic acids is 2. The third-order valence-corrected chi connectivity index (χ3v) is 2.21. The summed E-state index contributed by atoms with van der Waals surface area (Å²) < 4.78 is 9.55. The van der Waals surface area contributed by atoms with Gasteiger partial charge in [0.2, 0.25) is 0 Å². The molecule has 0 aromatic heterocycles. The summed E-state index contributed by atoms with van der Waals surface area (Å²) in [6, 6.07) is 4.95. The van der Waals surface area contributed by atoms with E-state index in [0.29, 0.717) is 5.56 Å². The highest BCUT2D eigenvalue weighted by Crippen LogP contribution is 2.16. The van der Waals surface area contributed by atoms with Gasteiger partial charge in [-0.15, -0.1) is 0 Å². The van der Waals surface area contributed by atoms with Gasteiger partial charge in [0.05, 0.1) is 18.2 Å². The van der Waals surface area contributed by atoms with E-state index in [2.05, 4.69) is 11.3 Å². The molecule has 0 spiro atoms. The van der Waals surface area contributed by atoms with Crippen molar-refractivity contribution in [1.82, 2.24) is 0 Å². The Bertz CT molecular complexity index is 449. The van der Waals surface area contributed by atoms with Crippen molar-refractivity contribution in [3.63, 3.8) is 0 Å². The Morgan fingerprint density at radius 3 is 2.65 bits per heavy atom. The molecule has 0 radical (unpaired) electrons. The van der Waals surface area contributed by atoms with Crippen LogP contribution in [0.2, 0.25) is 0 Å². The second-order valence-corrected chi connectivity index (χ2v) is 3.38. The van der Waals surface area contributed by atoms with E-state index in [0.717, 1.165) is 0 Å². The molecule has 0 aliphatic heterocycles. The lowest BCUT2D eigenvalue weighted by molar-refractivity contribution is 0.0522. The van der Waals surface area contributed by atoms with Crippen molar-refractivity contribution >= 4 is 11.9 Å². The van der Waals surface area contributed by atoms with Crippen LogP contribution in [0, 0.1) is 6.92 Å². The summed E-state index contributed by atoms with van der Waals surface area (Å²) in [6.07, 6.45) is 1.46. The van der Waals surface area contributed by atoms with Crippen molar-refractivity contribution in [2.75, 3.05) is 13.7 Å². The molecule has 4 heteroatoms. The first kappa shape index (κ1) is 13.0. The van der Waals surface area contributed by atoms with Gasteiger partial charge in [0, 0.05) is 0 Å². The van der Waals surface area contributed by atoms with Gasteiger partial charge in [-0.05, 0) is 18.6 Å². The molecule has 17 heavy (non-hydrogen) atoms. The minimum absolute atomic E-state index is 0.105. The summed E-state index contributed by atoms with van der Waals surface area (Å²) in [5.41, 5.74) is 1.12. The Hall–Kier alpha value is -2.10. The standard InChI is InChI=1S/C13H14O4/c1-4-8-17-12(14)10-7-5-6-9(2)11(10)13(15)16-3/h4-7H,1,8H2,2-3H3. The van der Waals surface area contributed by atoms with Gasteiger partial charge in [0.1, 0.15) is 6.61 Å². The average molecular weight is 234 g/mol. The van der Waals surface area contributed by atoms with Crippen LogP contribution in [-0.2, 0) is 9.47 Å². The second kappa shape index (κ2) is 5.84. The third kappa shape index (κ3) is 2.93. The highest BCUT2D eigenvalue weighted by Gasteiger charge is 2.20. The molecule has 0 unspecified atom stereocenters. The van der Waals surface area contributed by atoms with E-state index < -0.39 is 11.9 Å². The van der Waals surface area contributed by atoms with Crippen molar-refractivity contribution in [2.45, 2.75) is 6.92 Å². The Kier molecular flexibility index (Phi) is 4.46. The van der Waals surface area contributed by atoms with Crippen LogP contribution in [-0.4, -0.2) is 25.7 Å². The molecule has 1 aromatic carbocycles. The minimum atomic E-state index is -0.561. The molecule has 0 amide bonds. The first-order valence-electron chi connectivity index (χ1n) is 5.07. The summed E-state index contributed by atoms with van der Waals surface area (Å²) in [5.74, 6) is -1.11. The number of aryl methyl sites for hydroxylation is 1. The van der Waals surface area contributed by atoms with E-state index in [1.54, 1.807) is 19.1 Å². The predicted octanol–water partition coefficient (Wildman–Crippen LogP) is 2.12. The zero-order valence-electron chi connectivity index (χ0n) is 9.86. The Morgan fingerprint density at radius 2 is 2.06 bits per heavy atom. The number of hydrogen-bond donors (Lipinski definition) is 0. The number of hydrogen-bond acceptors (Lipinski definition) is 4.